The van der Waals surface area contributed by atoms with Crippen molar-refractivity contribution in [1.82, 2.24) is 19.9 Å². The largest absolute Gasteiger partial charge is 0.467 e. The van der Waals surface area contributed by atoms with Gasteiger partial charge in [-0.25, -0.2) is 4.98 Å². The van der Waals surface area contributed by atoms with E-state index in [2.05, 4.69) is 30.6 Å². The van der Waals surface area contributed by atoms with Crippen LogP contribution < -0.4 is 15.4 Å². The molecule has 2 aromatic rings. The number of oxazole rings is 1. The van der Waals surface area contributed by atoms with E-state index in [1.807, 2.05) is 6.92 Å². The number of hydrogen-bond donors (Lipinski definition) is 2. The van der Waals surface area contributed by atoms with E-state index in [1.165, 1.54) is 7.11 Å². The number of nitrogens with zero attached hydrogens (tertiary/aromatic N) is 4. The summed E-state index contributed by atoms with van der Waals surface area (Å²) < 4.78 is 10.3. The van der Waals surface area contributed by atoms with Crippen molar-refractivity contribution < 1.29 is 9.15 Å². The van der Waals surface area contributed by atoms with Gasteiger partial charge in [0.25, 0.3) is 0 Å². The Labute approximate surface area is 104 Å². The average Bonchev–Trinajstić information content (AvgIpc) is 2.81. The van der Waals surface area contributed by atoms with Crippen molar-refractivity contribution >= 4 is 11.9 Å². The summed E-state index contributed by atoms with van der Waals surface area (Å²) in [6, 6.07) is 0.237. The summed E-state index contributed by atoms with van der Waals surface area (Å²) in [6.07, 6.45) is 1.66. The molecule has 0 radical (unpaired) electrons. The van der Waals surface area contributed by atoms with Gasteiger partial charge in [0.15, 0.2) is 0 Å². The summed E-state index contributed by atoms with van der Waals surface area (Å²) in [4.78, 5) is 16.2. The smallest absolute Gasteiger partial charge is 0.322 e. The maximum atomic E-state index is 5.33. The lowest BCUT2D eigenvalue weighted by Crippen LogP contribution is -2.08. The lowest BCUT2D eigenvalue weighted by Gasteiger charge is -2.06. The van der Waals surface area contributed by atoms with Crippen molar-refractivity contribution in [3.63, 3.8) is 0 Å². The highest BCUT2D eigenvalue weighted by molar-refractivity contribution is 5.35. The second-order valence-electron chi connectivity index (χ2n) is 3.44. The molecule has 0 saturated heterocycles. The molecule has 0 aliphatic heterocycles. The van der Waals surface area contributed by atoms with E-state index in [9.17, 15) is 0 Å². The Morgan fingerprint density at radius 1 is 1.28 bits per heavy atom. The molecule has 0 saturated carbocycles. The van der Waals surface area contributed by atoms with E-state index >= 15 is 0 Å². The Kier molecular flexibility index (Phi) is 3.56. The van der Waals surface area contributed by atoms with Crippen molar-refractivity contribution in [3.8, 4) is 6.01 Å². The van der Waals surface area contributed by atoms with Crippen LogP contribution in [-0.2, 0) is 6.54 Å². The molecule has 8 heteroatoms. The Morgan fingerprint density at radius 2 is 2.06 bits per heavy atom. The number of ether oxygens (including phenoxy) is 1. The molecule has 96 valence electrons. The van der Waals surface area contributed by atoms with E-state index < -0.39 is 0 Å². The highest BCUT2D eigenvalue weighted by Crippen LogP contribution is 2.11. The van der Waals surface area contributed by atoms with Gasteiger partial charge in [0, 0.05) is 7.05 Å². The van der Waals surface area contributed by atoms with Crippen molar-refractivity contribution in [1.29, 1.82) is 0 Å². The molecule has 0 amide bonds. The molecule has 0 fully saturated rings. The second-order valence-corrected chi connectivity index (χ2v) is 3.44. The minimum absolute atomic E-state index is 0.237. The van der Waals surface area contributed by atoms with Gasteiger partial charge in [-0.05, 0) is 6.92 Å². The van der Waals surface area contributed by atoms with Crippen molar-refractivity contribution in [2.45, 2.75) is 13.5 Å². The third-order valence-electron chi connectivity index (χ3n) is 2.09. The Bertz CT molecular complexity index is 505. The first kappa shape index (κ1) is 12.1. The molecule has 0 spiro atoms. The van der Waals surface area contributed by atoms with Crippen LogP contribution >= 0.6 is 0 Å². The Balaban J connectivity index is 2.08. The molecule has 0 aromatic carbocycles. The minimum Gasteiger partial charge on any atom is -0.467 e. The number of nitrogens with one attached hydrogen (secondary N) is 2. The average molecular weight is 250 g/mol. The summed E-state index contributed by atoms with van der Waals surface area (Å²) in [6.45, 7) is 2.23. The van der Waals surface area contributed by atoms with Crippen LogP contribution in [-0.4, -0.2) is 34.1 Å². The van der Waals surface area contributed by atoms with E-state index in [0.717, 1.165) is 5.76 Å². The van der Waals surface area contributed by atoms with Gasteiger partial charge in [0.2, 0.25) is 17.8 Å². The van der Waals surface area contributed by atoms with Gasteiger partial charge < -0.3 is 19.8 Å². The quantitative estimate of drug-likeness (QED) is 0.805. The van der Waals surface area contributed by atoms with Crippen LogP contribution in [0.15, 0.2) is 10.6 Å². The summed E-state index contributed by atoms with van der Waals surface area (Å²) in [5.74, 6) is 2.14. The molecule has 2 aromatic heterocycles. The van der Waals surface area contributed by atoms with Gasteiger partial charge in [0.05, 0.1) is 19.9 Å². The van der Waals surface area contributed by atoms with Gasteiger partial charge in [-0.2, -0.15) is 15.0 Å². The summed E-state index contributed by atoms with van der Waals surface area (Å²) >= 11 is 0. The van der Waals surface area contributed by atoms with Crippen LogP contribution in [0.3, 0.4) is 0 Å². The molecule has 0 bridgehead atoms. The number of rotatable bonds is 5. The van der Waals surface area contributed by atoms with Crippen LogP contribution in [0, 0.1) is 6.92 Å². The fourth-order valence-electron chi connectivity index (χ4n) is 1.28. The first-order valence-corrected chi connectivity index (χ1v) is 5.34. The lowest BCUT2D eigenvalue weighted by molar-refractivity contribution is 0.379. The number of hydrogen-bond acceptors (Lipinski definition) is 8. The zero-order chi connectivity index (χ0) is 13.0. The van der Waals surface area contributed by atoms with Crippen LogP contribution in [0.4, 0.5) is 11.9 Å². The van der Waals surface area contributed by atoms with E-state index in [1.54, 1.807) is 13.2 Å². The molecular formula is C10H14N6O2. The van der Waals surface area contributed by atoms with E-state index in [4.69, 9.17) is 9.15 Å². The van der Waals surface area contributed by atoms with Crippen LogP contribution in [0.1, 0.15) is 11.7 Å². The Hall–Kier alpha value is -2.38. The Morgan fingerprint density at radius 3 is 2.67 bits per heavy atom. The van der Waals surface area contributed by atoms with Gasteiger partial charge in [-0.15, -0.1) is 0 Å². The van der Waals surface area contributed by atoms with Gasteiger partial charge in [-0.1, -0.05) is 0 Å². The van der Waals surface area contributed by atoms with Gasteiger partial charge in [-0.3, -0.25) is 0 Å². The number of anilines is 2. The molecule has 18 heavy (non-hydrogen) atoms. The predicted molar refractivity (Wildman–Crippen MR) is 64.5 cm³/mol. The minimum atomic E-state index is 0.237. The molecule has 0 aliphatic rings. The molecule has 0 aliphatic carbocycles. The molecule has 2 N–H and O–H groups in total. The topological polar surface area (TPSA) is 98.0 Å². The fourth-order valence-corrected chi connectivity index (χ4v) is 1.28. The van der Waals surface area contributed by atoms with Gasteiger partial charge >= 0.3 is 6.01 Å². The van der Waals surface area contributed by atoms with Gasteiger partial charge in [0.1, 0.15) is 5.76 Å². The third-order valence-corrected chi connectivity index (χ3v) is 2.09. The fraction of sp³-hybridized carbons (Fsp3) is 0.400. The standard InChI is InChI=1S/C10H14N6O2/c1-6-4-12-7(18-6)5-13-9-14-8(11-2)15-10(16-9)17-3/h4H,5H2,1-3H3,(H2,11,13,14,15,16). The van der Waals surface area contributed by atoms with Crippen LogP contribution in [0.25, 0.3) is 0 Å². The van der Waals surface area contributed by atoms with Crippen molar-refractivity contribution in [3.05, 3.63) is 17.8 Å². The van der Waals surface area contributed by atoms with Crippen LogP contribution in [0.2, 0.25) is 0 Å². The van der Waals surface area contributed by atoms with E-state index in [-0.39, 0.29) is 6.01 Å². The number of aryl methyl sites for hydroxylation is 1. The zero-order valence-electron chi connectivity index (χ0n) is 10.4. The predicted octanol–water partition coefficient (Wildman–Crippen LogP) is 0.830. The van der Waals surface area contributed by atoms with Crippen molar-refractivity contribution in [2.75, 3.05) is 24.8 Å². The number of aromatic nitrogens is 4. The zero-order valence-corrected chi connectivity index (χ0v) is 10.4. The second kappa shape index (κ2) is 5.30. The summed E-state index contributed by atoms with van der Waals surface area (Å²) in [7, 11) is 3.21. The third kappa shape index (κ3) is 2.84. The monoisotopic (exact) mass is 250 g/mol. The molecular weight excluding hydrogens is 236 g/mol. The van der Waals surface area contributed by atoms with Crippen molar-refractivity contribution in [2.24, 2.45) is 0 Å². The first-order chi connectivity index (χ1) is 8.71. The molecule has 2 rings (SSSR count). The SMILES string of the molecule is CNc1nc(NCc2ncc(C)o2)nc(OC)n1. The lowest BCUT2D eigenvalue weighted by atomic mass is 10.6. The summed E-state index contributed by atoms with van der Waals surface area (Å²) in [5.41, 5.74) is 0. The van der Waals surface area contributed by atoms with Crippen LogP contribution in [0.5, 0.6) is 6.01 Å². The maximum absolute atomic E-state index is 5.33. The first-order valence-electron chi connectivity index (χ1n) is 5.34. The highest BCUT2D eigenvalue weighted by Gasteiger charge is 2.07. The molecule has 0 unspecified atom stereocenters. The highest BCUT2D eigenvalue weighted by atomic mass is 16.5. The number of methoxy groups -OCH3 is 1. The molecule has 0 atom stereocenters. The van der Waals surface area contributed by atoms with E-state index in [0.29, 0.717) is 24.3 Å². The normalized spacial score (nSPS) is 10.2. The summed E-state index contributed by atoms with van der Waals surface area (Å²) in [5, 5.41) is 5.81. The molecule has 8 nitrogen and oxygen atoms in total. The molecule has 2 heterocycles. The maximum Gasteiger partial charge on any atom is 0.322 e.